The summed E-state index contributed by atoms with van der Waals surface area (Å²) in [5, 5.41) is 10.1. The summed E-state index contributed by atoms with van der Waals surface area (Å²) in [7, 11) is 0. The first-order valence-electron chi connectivity index (χ1n) is 5.94. The molecule has 5 heteroatoms. The van der Waals surface area contributed by atoms with E-state index in [1.807, 2.05) is 6.92 Å². The fourth-order valence-electron chi connectivity index (χ4n) is 2.52. The molecular weight excluding hydrogens is 263 g/mol. The lowest BCUT2D eigenvalue weighted by atomic mass is 9.73. The van der Waals surface area contributed by atoms with Gasteiger partial charge in [0, 0.05) is 6.42 Å². The third kappa shape index (κ3) is 4.01. The maximum Gasteiger partial charge on any atom is 0.339 e. The highest BCUT2D eigenvalue weighted by Crippen LogP contribution is 2.38. The summed E-state index contributed by atoms with van der Waals surface area (Å²) in [6.45, 7) is 6.01. The molecule has 17 heavy (non-hydrogen) atoms. The molecule has 1 rings (SSSR count). The third-order valence-corrected chi connectivity index (χ3v) is 3.88. The molecular formula is C12H20Cl2O3. The van der Waals surface area contributed by atoms with E-state index in [1.165, 1.54) is 0 Å². The van der Waals surface area contributed by atoms with Gasteiger partial charge in [-0.2, -0.15) is 0 Å². The van der Waals surface area contributed by atoms with Crippen molar-refractivity contribution in [1.29, 1.82) is 0 Å². The van der Waals surface area contributed by atoms with Crippen LogP contribution in [0.2, 0.25) is 0 Å². The second-order valence-electron chi connectivity index (χ2n) is 5.39. The summed E-state index contributed by atoms with van der Waals surface area (Å²) in [5.41, 5.74) is -0.649. The van der Waals surface area contributed by atoms with Gasteiger partial charge in [-0.05, 0) is 31.6 Å². The van der Waals surface area contributed by atoms with Crippen molar-refractivity contribution >= 4 is 29.2 Å². The number of rotatable bonds is 3. The lowest BCUT2D eigenvalue weighted by Gasteiger charge is -2.41. The molecule has 0 radical (unpaired) electrons. The molecule has 1 N–H and O–H groups in total. The van der Waals surface area contributed by atoms with Gasteiger partial charge in [0.05, 0.1) is 6.10 Å². The van der Waals surface area contributed by atoms with Crippen LogP contribution >= 0.6 is 23.2 Å². The highest BCUT2D eigenvalue weighted by Gasteiger charge is 2.41. The van der Waals surface area contributed by atoms with Crippen molar-refractivity contribution in [3.05, 3.63) is 0 Å². The van der Waals surface area contributed by atoms with E-state index in [1.54, 1.807) is 0 Å². The minimum atomic E-state index is -1.16. The summed E-state index contributed by atoms with van der Waals surface area (Å²) in [6, 6.07) is 0. The fourth-order valence-corrected chi connectivity index (χ4v) is 2.61. The van der Waals surface area contributed by atoms with Crippen molar-refractivity contribution in [1.82, 2.24) is 0 Å². The molecule has 3 nitrogen and oxygen atoms in total. The van der Waals surface area contributed by atoms with Gasteiger partial charge < -0.3 is 9.84 Å². The molecule has 0 aromatic rings. The Morgan fingerprint density at radius 1 is 1.47 bits per heavy atom. The summed E-state index contributed by atoms with van der Waals surface area (Å²) < 4.78 is 5.28. The van der Waals surface area contributed by atoms with Crippen molar-refractivity contribution in [2.24, 2.45) is 11.8 Å². The molecule has 0 unspecified atom stereocenters. The van der Waals surface area contributed by atoms with Crippen LogP contribution in [0.1, 0.15) is 40.0 Å². The first-order valence-corrected chi connectivity index (χ1v) is 6.81. The summed E-state index contributed by atoms with van der Waals surface area (Å²) >= 11 is 10.9. The summed E-state index contributed by atoms with van der Waals surface area (Å²) in [5.74, 6) is 0.0645. The van der Waals surface area contributed by atoms with Crippen molar-refractivity contribution in [3.8, 4) is 0 Å². The zero-order chi connectivity index (χ0) is 13.2. The molecule has 0 heterocycles. The second-order valence-corrected chi connectivity index (χ2v) is 6.49. The van der Waals surface area contributed by atoms with E-state index in [0.29, 0.717) is 12.3 Å². The number of aliphatic hydroxyl groups is 1. The van der Waals surface area contributed by atoms with E-state index >= 15 is 0 Å². The van der Waals surface area contributed by atoms with Crippen LogP contribution in [-0.2, 0) is 9.53 Å². The minimum absolute atomic E-state index is 0.268. The highest BCUT2D eigenvalue weighted by molar-refractivity contribution is 6.52. The number of aliphatic hydroxyl groups excluding tert-OH is 1. The largest absolute Gasteiger partial charge is 0.457 e. The van der Waals surface area contributed by atoms with Crippen molar-refractivity contribution in [2.75, 3.05) is 0 Å². The number of alkyl halides is 2. The Labute approximate surface area is 112 Å². The fraction of sp³-hybridized carbons (Fsp3) is 0.917. The topological polar surface area (TPSA) is 46.5 Å². The van der Waals surface area contributed by atoms with E-state index in [0.717, 1.165) is 12.8 Å². The Morgan fingerprint density at radius 2 is 2.06 bits per heavy atom. The van der Waals surface area contributed by atoms with Crippen molar-refractivity contribution < 1.29 is 14.6 Å². The van der Waals surface area contributed by atoms with Gasteiger partial charge in [0.25, 0.3) is 0 Å². The lowest BCUT2D eigenvalue weighted by molar-refractivity contribution is -0.166. The van der Waals surface area contributed by atoms with Gasteiger partial charge >= 0.3 is 5.97 Å². The Bertz CT molecular complexity index is 281. The number of hydrogen-bond acceptors (Lipinski definition) is 3. The van der Waals surface area contributed by atoms with Crippen LogP contribution in [0.3, 0.4) is 0 Å². The normalized spacial score (nSPS) is 34.1. The van der Waals surface area contributed by atoms with E-state index in [2.05, 4.69) is 13.8 Å². The van der Waals surface area contributed by atoms with E-state index in [-0.39, 0.29) is 5.92 Å². The predicted octanol–water partition coefficient (Wildman–Crippen LogP) is 2.91. The van der Waals surface area contributed by atoms with Gasteiger partial charge in [0.1, 0.15) is 5.60 Å². The quantitative estimate of drug-likeness (QED) is 0.640. The lowest BCUT2D eigenvalue weighted by Crippen LogP contribution is -2.45. The molecule has 0 amide bonds. The second kappa shape index (κ2) is 5.77. The van der Waals surface area contributed by atoms with Crippen LogP contribution in [0.4, 0.5) is 0 Å². The van der Waals surface area contributed by atoms with E-state index in [9.17, 15) is 9.90 Å². The maximum absolute atomic E-state index is 11.4. The molecule has 100 valence electrons. The Balaban J connectivity index is 2.60. The highest BCUT2D eigenvalue weighted by atomic mass is 35.5. The molecule has 1 aliphatic rings. The Morgan fingerprint density at radius 3 is 2.47 bits per heavy atom. The monoisotopic (exact) mass is 282 g/mol. The summed E-state index contributed by atoms with van der Waals surface area (Å²) in [6.07, 6.45) is 1.59. The molecule has 0 saturated heterocycles. The molecule has 1 saturated carbocycles. The van der Waals surface area contributed by atoms with Gasteiger partial charge in [-0.1, -0.05) is 37.0 Å². The van der Waals surface area contributed by atoms with Gasteiger partial charge in [-0.25, -0.2) is 4.79 Å². The molecule has 1 aliphatic carbocycles. The summed E-state index contributed by atoms with van der Waals surface area (Å²) in [4.78, 5) is 10.2. The molecule has 0 aromatic heterocycles. The number of halogens is 2. The van der Waals surface area contributed by atoms with Crippen LogP contribution in [-0.4, -0.2) is 27.6 Å². The predicted molar refractivity (Wildman–Crippen MR) is 68.2 cm³/mol. The minimum Gasteiger partial charge on any atom is -0.457 e. The first-order chi connectivity index (χ1) is 7.75. The number of esters is 1. The van der Waals surface area contributed by atoms with Gasteiger partial charge in [-0.15, -0.1) is 0 Å². The molecule has 1 fully saturated rings. The van der Waals surface area contributed by atoms with Crippen LogP contribution in [0.15, 0.2) is 0 Å². The average molecular weight is 283 g/mol. The Kier molecular flexibility index (Phi) is 5.11. The Hall–Kier alpha value is 0.01000. The number of hydrogen-bond donors (Lipinski definition) is 1. The van der Waals surface area contributed by atoms with Gasteiger partial charge in [0.15, 0.2) is 0 Å². The van der Waals surface area contributed by atoms with Crippen LogP contribution in [0.5, 0.6) is 0 Å². The molecule has 0 aliphatic heterocycles. The van der Waals surface area contributed by atoms with Crippen LogP contribution in [0, 0.1) is 11.8 Å². The van der Waals surface area contributed by atoms with E-state index < -0.39 is 22.5 Å². The smallest absolute Gasteiger partial charge is 0.339 e. The number of carbonyl (C=O) groups excluding carboxylic acids is 1. The molecule has 0 spiro atoms. The standard InChI is InChI=1S/C12H20Cl2O3/c1-7(2)8-4-5-12(3,6-9(8)15)17-11(16)10(13)14/h7-10,15H,4-6H2,1-3H3/t8-,9+,12+/m0/s1. The zero-order valence-corrected chi connectivity index (χ0v) is 12.0. The zero-order valence-electron chi connectivity index (χ0n) is 10.5. The number of carbonyl (C=O) groups is 1. The van der Waals surface area contributed by atoms with Gasteiger partial charge in [0.2, 0.25) is 4.84 Å². The molecule has 3 atom stereocenters. The SMILES string of the molecule is CC(C)[C@@H]1CC[C@@](C)(OC(=O)C(Cl)Cl)C[C@H]1O. The van der Waals surface area contributed by atoms with Crippen molar-refractivity contribution in [3.63, 3.8) is 0 Å². The van der Waals surface area contributed by atoms with Crippen LogP contribution in [0.25, 0.3) is 0 Å². The maximum atomic E-state index is 11.4. The van der Waals surface area contributed by atoms with Crippen LogP contribution < -0.4 is 0 Å². The first kappa shape index (κ1) is 15.1. The third-order valence-electron chi connectivity index (χ3n) is 3.52. The van der Waals surface area contributed by atoms with Crippen molar-refractivity contribution in [2.45, 2.75) is 56.6 Å². The molecule has 0 aromatic carbocycles. The molecule has 0 bridgehead atoms. The number of ether oxygens (including phenoxy) is 1. The van der Waals surface area contributed by atoms with E-state index in [4.69, 9.17) is 27.9 Å². The van der Waals surface area contributed by atoms with Gasteiger partial charge in [-0.3, -0.25) is 0 Å². The average Bonchev–Trinajstić information content (AvgIpc) is 2.15.